The van der Waals surface area contributed by atoms with Crippen molar-refractivity contribution in [3.8, 4) is 11.1 Å². The molecular formula is C61H70Br2N2. The molecule has 0 amide bonds. The highest BCUT2D eigenvalue weighted by atomic mass is 79.9. The zero-order valence-electron chi connectivity index (χ0n) is 38.8. The van der Waals surface area contributed by atoms with Gasteiger partial charge in [-0.3, -0.25) is 0 Å². The molecule has 2 aromatic heterocycles. The molecule has 2 nitrogen and oxygen atoms in total. The lowest BCUT2D eigenvalue weighted by atomic mass is 9.70. The van der Waals surface area contributed by atoms with Gasteiger partial charge < -0.3 is 9.13 Å². The van der Waals surface area contributed by atoms with Crippen molar-refractivity contribution in [2.75, 3.05) is 0 Å². The fourth-order valence-electron chi connectivity index (χ4n) is 11.8. The average Bonchev–Trinajstić information content (AvgIpc) is 3.92. The third kappa shape index (κ3) is 10.6. The summed E-state index contributed by atoms with van der Waals surface area (Å²) in [6.45, 7) is 2.23. The van der Waals surface area contributed by atoms with Gasteiger partial charge in [0.25, 0.3) is 0 Å². The van der Waals surface area contributed by atoms with Crippen LogP contribution in [-0.2, 0) is 18.5 Å². The Bertz CT molecular complexity index is 2490. The van der Waals surface area contributed by atoms with Crippen LogP contribution in [0.25, 0.3) is 54.7 Å². The van der Waals surface area contributed by atoms with Gasteiger partial charge in [-0.25, -0.2) is 0 Å². The Hall–Kier alpha value is -4.12. The largest absolute Gasteiger partial charge is 0.340 e. The van der Waals surface area contributed by atoms with Crippen molar-refractivity contribution >= 4 is 75.5 Å². The van der Waals surface area contributed by atoms with Gasteiger partial charge in [-0.1, -0.05) is 232 Å². The SMILES string of the molecule is Brc1ccc2c(c1)C(CCCCCCCCCCCCn1c3ccccc3c3ccccc31)(CCCCCCCCCCCCn1c3ccccc3c3ccccc31)c1cc(Br)ccc1-2. The topological polar surface area (TPSA) is 9.86 Å². The molecule has 2 heterocycles. The molecule has 0 aliphatic heterocycles. The lowest BCUT2D eigenvalue weighted by Crippen LogP contribution is -2.25. The Morgan fingerprint density at radius 3 is 0.908 bits per heavy atom. The molecule has 0 saturated carbocycles. The van der Waals surface area contributed by atoms with E-state index in [0.717, 1.165) is 13.1 Å². The van der Waals surface area contributed by atoms with E-state index in [9.17, 15) is 0 Å². The van der Waals surface area contributed by atoms with E-state index < -0.39 is 0 Å². The predicted molar refractivity (Wildman–Crippen MR) is 289 cm³/mol. The monoisotopic (exact) mass is 988 g/mol. The Morgan fingerprint density at radius 2 is 0.585 bits per heavy atom. The molecule has 8 aromatic rings. The Kier molecular flexibility index (Phi) is 16.0. The summed E-state index contributed by atoms with van der Waals surface area (Å²) in [5.74, 6) is 0. The van der Waals surface area contributed by atoms with Crippen LogP contribution in [0.15, 0.2) is 142 Å². The van der Waals surface area contributed by atoms with Crippen LogP contribution in [-0.4, -0.2) is 9.13 Å². The van der Waals surface area contributed by atoms with Crippen LogP contribution in [0, 0.1) is 0 Å². The van der Waals surface area contributed by atoms with Crippen molar-refractivity contribution in [1.82, 2.24) is 9.13 Å². The zero-order chi connectivity index (χ0) is 44.3. The van der Waals surface area contributed by atoms with Crippen LogP contribution < -0.4 is 0 Å². The molecular weight excluding hydrogens is 920 g/mol. The van der Waals surface area contributed by atoms with Gasteiger partial charge in [0, 0.05) is 71.1 Å². The summed E-state index contributed by atoms with van der Waals surface area (Å²) in [4.78, 5) is 0. The summed E-state index contributed by atoms with van der Waals surface area (Å²) < 4.78 is 7.53. The fourth-order valence-corrected chi connectivity index (χ4v) is 12.5. The highest BCUT2D eigenvalue weighted by molar-refractivity contribution is 9.10. The quantitative estimate of drug-likeness (QED) is 0.0479. The molecule has 0 N–H and O–H groups in total. The van der Waals surface area contributed by atoms with Crippen LogP contribution in [0.1, 0.15) is 152 Å². The van der Waals surface area contributed by atoms with E-state index in [2.05, 4.69) is 174 Å². The minimum Gasteiger partial charge on any atom is -0.340 e. The van der Waals surface area contributed by atoms with E-state index in [1.807, 2.05) is 0 Å². The van der Waals surface area contributed by atoms with E-state index in [1.165, 1.54) is 205 Å². The molecule has 0 fully saturated rings. The fraction of sp³-hybridized carbons (Fsp3) is 0.410. The van der Waals surface area contributed by atoms with Crippen molar-refractivity contribution in [3.05, 3.63) is 154 Å². The van der Waals surface area contributed by atoms with Crippen LogP contribution in [0.5, 0.6) is 0 Å². The molecule has 9 rings (SSSR count). The van der Waals surface area contributed by atoms with Crippen LogP contribution >= 0.6 is 31.9 Å². The number of nitrogens with zero attached hydrogens (tertiary/aromatic N) is 2. The predicted octanol–water partition coefficient (Wildman–Crippen LogP) is 19.7. The number of hydrogen-bond acceptors (Lipinski definition) is 0. The number of halogens is 2. The zero-order valence-corrected chi connectivity index (χ0v) is 42.0. The molecule has 0 radical (unpaired) electrons. The van der Waals surface area contributed by atoms with E-state index in [0.29, 0.717) is 0 Å². The molecule has 0 saturated heterocycles. The molecule has 6 aromatic carbocycles. The van der Waals surface area contributed by atoms with Gasteiger partial charge >= 0.3 is 0 Å². The molecule has 0 bridgehead atoms. The smallest absolute Gasteiger partial charge is 0.0491 e. The van der Waals surface area contributed by atoms with Crippen molar-refractivity contribution in [2.24, 2.45) is 0 Å². The van der Waals surface area contributed by atoms with Gasteiger partial charge in [0.1, 0.15) is 0 Å². The van der Waals surface area contributed by atoms with Crippen LogP contribution in [0.4, 0.5) is 0 Å². The summed E-state index contributed by atoms with van der Waals surface area (Å²) >= 11 is 7.78. The normalized spacial score (nSPS) is 13.1. The molecule has 338 valence electrons. The summed E-state index contributed by atoms with van der Waals surface area (Å²) in [7, 11) is 0. The number of aryl methyl sites for hydroxylation is 2. The number of benzene rings is 6. The van der Waals surface area contributed by atoms with E-state index in [4.69, 9.17) is 0 Å². The second-order valence-electron chi connectivity index (χ2n) is 19.4. The number of para-hydroxylation sites is 4. The summed E-state index contributed by atoms with van der Waals surface area (Å²) in [6, 6.07) is 49.9. The van der Waals surface area contributed by atoms with Gasteiger partial charge in [-0.15, -0.1) is 0 Å². The average molecular weight is 991 g/mol. The van der Waals surface area contributed by atoms with E-state index >= 15 is 0 Å². The highest BCUT2D eigenvalue weighted by Gasteiger charge is 2.42. The number of fused-ring (bicyclic) bond motifs is 9. The first-order valence-corrected chi connectivity index (χ1v) is 27.2. The maximum Gasteiger partial charge on any atom is 0.0491 e. The first-order valence-electron chi connectivity index (χ1n) is 25.6. The highest BCUT2D eigenvalue weighted by Crippen LogP contribution is 2.55. The number of rotatable bonds is 26. The van der Waals surface area contributed by atoms with E-state index in [1.54, 1.807) is 11.1 Å². The van der Waals surface area contributed by atoms with Gasteiger partial charge in [-0.2, -0.15) is 0 Å². The van der Waals surface area contributed by atoms with Gasteiger partial charge in [0.15, 0.2) is 0 Å². The lowest BCUT2D eigenvalue weighted by Gasteiger charge is -2.33. The molecule has 65 heavy (non-hydrogen) atoms. The Labute approximate surface area is 406 Å². The summed E-state index contributed by atoms with van der Waals surface area (Å²) in [5.41, 5.74) is 11.7. The first kappa shape index (κ1) is 46.0. The second kappa shape index (κ2) is 22.6. The minimum absolute atomic E-state index is 0.108. The molecule has 0 spiro atoms. The maximum atomic E-state index is 3.89. The Morgan fingerprint density at radius 1 is 0.308 bits per heavy atom. The standard InChI is InChI=1S/C61H70Br2N2/c62-47-37-39-49-50-40-38-48(63)46-56(50)61(55(49)45-47,41-25-13-9-5-1-3-7-11-15-27-43-64-57-33-21-17-29-51(57)52-30-18-22-34-58(52)64)42-26-14-10-6-2-4-8-12-16-28-44-65-59-35-23-19-31-53(59)54-32-20-24-36-60(54)65/h17-24,29-40,45-46H,1-16,25-28,41-44H2. The van der Waals surface area contributed by atoms with Gasteiger partial charge in [-0.05, 0) is 96.5 Å². The number of hydrogen-bond donors (Lipinski definition) is 0. The summed E-state index contributed by atoms with van der Waals surface area (Å²) in [6.07, 6.45) is 29.4. The maximum absolute atomic E-state index is 3.89. The second-order valence-corrected chi connectivity index (χ2v) is 21.2. The van der Waals surface area contributed by atoms with Crippen molar-refractivity contribution in [3.63, 3.8) is 0 Å². The Balaban J connectivity index is 0.681. The third-order valence-corrected chi connectivity index (χ3v) is 16.1. The van der Waals surface area contributed by atoms with Crippen LogP contribution in [0.3, 0.4) is 0 Å². The van der Waals surface area contributed by atoms with Crippen molar-refractivity contribution in [2.45, 2.75) is 160 Å². The lowest BCUT2D eigenvalue weighted by molar-refractivity contribution is 0.396. The molecule has 1 aliphatic rings. The van der Waals surface area contributed by atoms with Gasteiger partial charge in [0.2, 0.25) is 0 Å². The number of unbranched alkanes of at least 4 members (excludes halogenated alkanes) is 18. The number of aromatic nitrogens is 2. The molecule has 0 atom stereocenters. The van der Waals surface area contributed by atoms with Crippen molar-refractivity contribution < 1.29 is 0 Å². The molecule has 0 unspecified atom stereocenters. The first-order chi connectivity index (χ1) is 32.1. The third-order valence-electron chi connectivity index (χ3n) is 15.1. The van der Waals surface area contributed by atoms with Crippen LogP contribution in [0.2, 0.25) is 0 Å². The van der Waals surface area contributed by atoms with Gasteiger partial charge in [0.05, 0.1) is 0 Å². The molecule has 4 heteroatoms. The van der Waals surface area contributed by atoms with E-state index in [-0.39, 0.29) is 5.41 Å². The van der Waals surface area contributed by atoms with Crippen molar-refractivity contribution in [1.29, 1.82) is 0 Å². The molecule has 1 aliphatic carbocycles. The minimum atomic E-state index is 0.108. The summed E-state index contributed by atoms with van der Waals surface area (Å²) in [5, 5.41) is 5.55.